The van der Waals surface area contributed by atoms with Crippen molar-refractivity contribution in [2.45, 2.75) is 6.42 Å². The lowest BCUT2D eigenvalue weighted by molar-refractivity contribution is 0.0698. The fourth-order valence-electron chi connectivity index (χ4n) is 1.36. The van der Waals surface area contributed by atoms with Crippen LogP contribution in [0.3, 0.4) is 0 Å². The van der Waals surface area contributed by atoms with E-state index in [1.807, 2.05) is 6.26 Å². The number of thioether (sulfide) groups is 1. The van der Waals surface area contributed by atoms with E-state index in [1.54, 1.807) is 30.0 Å². The number of para-hydroxylation sites is 1. The highest BCUT2D eigenvalue weighted by atomic mass is 32.2. The number of carbonyl (C=O) groups excluding carboxylic acids is 1. The van der Waals surface area contributed by atoms with E-state index in [0.29, 0.717) is 12.2 Å². The van der Waals surface area contributed by atoms with Crippen LogP contribution in [0.5, 0.6) is 0 Å². The summed E-state index contributed by atoms with van der Waals surface area (Å²) in [5.74, 6) is -0.0836. The summed E-state index contributed by atoms with van der Waals surface area (Å²) < 4.78 is 0. The predicted molar refractivity (Wildman–Crippen MR) is 73.4 cm³/mol. The zero-order chi connectivity index (χ0) is 13.4. The summed E-state index contributed by atoms with van der Waals surface area (Å²) in [6, 6.07) is 5.92. The van der Waals surface area contributed by atoms with Crippen LogP contribution in [0.1, 0.15) is 16.8 Å². The Morgan fingerprint density at radius 2 is 2.06 bits per heavy atom. The SMILES string of the molecule is CSCCCNC(=O)Nc1ccccc1C(=O)O. The number of nitrogens with one attached hydrogen (secondary N) is 2. The van der Waals surface area contributed by atoms with Crippen molar-refractivity contribution < 1.29 is 14.7 Å². The van der Waals surface area contributed by atoms with Crippen molar-refractivity contribution in [1.82, 2.24) is 5.32 Å². The highest BCUT2D eigenvalue weighted by Crippen LogP contribution is 2.14. The smallest absolute Gasteiger partial charge is 0.337 e. The van der Waals surface area contributed by atoms with E-state index in [0.717, 1.165) is 12.2 Å². The van der Waals surface area contributed by atoms with Crippen molar-refractivity contribution in [3.05, 3.63) is 29.8 Å². The number of urea groups is 1. The summed E-state index contributed by atoms with van der Waals surface area (Å²) >= 11 is 1.71. The van der Waals surface area contributed by atoms with E-state index >= 15 is 0 Å². The van der Waals surface area contributed by atoms with Gasteiger partial charge in [-0.3, -0.25) is 0 Å². The summed E-state index contributed by atoms with van der Waals surface area (Å²) in [6.45, 7) is 0.571. The Labute approximate surface area is 110 Å². The van der Waals surface area contributed by atoms with Gasteiger partial charge in [0.05, 0.1) is 11.3 Å². The monoisotopic (exact) mass is 268 g/mol. The van der Waals surface area contributed by atoms with Gasteiger partial charge in [-0.15, -0.1) is 0 Å². The molecule has 0 atom stereocenters. The van der Waals surface area contributed by atoms with E-state index in [2.05, 4.69) is 10.6 Å². The fourth-order valence-corrected chi connectivity index (χ4v) is 1.80. The van der Waals surface area contributed by atoms with Gasteiger partial charge in [0.1, 0.15) is 0 Å². The number of carboxylic acid groups (broad SMARTS) is 1. The molecule has 1 rings (SSSR count). The molecule has 0 aliphatic carbocycles. The maximum absolute atomic E-state index is 11.5. The fraction of sp³-hybridized carbons (Fsp3) is 0.333. The second-order valence-corrected chi connectivity index (χ2v) is 4.56. The van der Waals surface area contributed by atoms with Crippen molar-refractivity contribution in [1.29, 1.82) is 0 Å². The zero-order valence-electron chi connectivity index (χ0n) is 10.1. The molecule has 1 aromatic carbocycles. The normalized spacial score (nSPS) is 9.83. The minimum Gasteiger partial charge on any atom is -0.478 e. The molecule has 0 aliphatic rings. The van der Waals surface area contributed by atoms with Gasteiger partial charge >= 0.3 is 12.0 Å². The maximum atomic E-state index is 11.5. The molecule has 0 bridgehead atoms. The largest absolute Gasteiger partial charge is 0.478 e. The Morgan fingerprint density at radius 3 is 2.72 bits per heavy atom. The van der Waals surface area contributed by atoms with Crippen LogP contribution in [-0.4, -0.2) is 35.7 Å². The Kier molecular flexibility index (Phi) is 6.07. The number of anilines is 1. The van der Waals surface area contributed by atoms with Crippen LogP contribution >= 0.6 is 11.8 Å². The Hall–Kier alpha value is -1.69. The average molecular weight is 268 g/mol. The van der Waals surface area contributed by atoms with Crippen LogP contribution in [-0.2, 0) is 0 Å². The first-order chi connectivity index (χ1) is 8.65. The Balaban J connectivity index is 2.51. The second-order valence-electron chi connectivity index (χ2n) is 3.58. The quantitative estimate of drug-likeness (QED) is 0.691. The molecule has 0 saturated heterocycles. The number of hydrogen-bond donors (Lipinski definition) is 3. The standard InChI is InChI=1S/C12H16N2O3S/c1-18-8-4-7-13-12(17)14-10-6-3-2-5-9(10)11(15)16/h2-3,5-6H,4,7-8H2,1H3,(H,15,16)(H2,13,14,17). The van der Waals surface area contributed by atoms with Gasteiger partial charge in [0.2, 0.25) is 0 Å². The number of aromatic carboxylic acids is 1. The summed E-state index contributed by atoms with van der Waals surface area (Å²) in [5.41, 5.74) is 0.379. The highest BCUT2D eigenvalue weighted by Gasteiger charge is 2.10. The molecule has 0 fully saturated rings. The number of carbonyl (C=O) groups is 2. The molecular weight excluding hydrogens is 252 g/mol. The molecule has 98 valence electrons. The molecule has 0 spiro atoms. The van der Waals surface area contributed by atoms with E-state index in [4.69, 9.17) is 5.11 Å². The van der Waals surface area contributed by atoms with Crippen LogP contribution in [0.4, 0.5) is 10.5 Å². The van der Waals surface area contributed by atoms with Gasteiger partial charge in [-0.05, 0) is 30.6 Å². The number of benzene rings is 1. The van der Waals surface area contributed by atoms with Gasteiger partial charge in [-0.1, -0.05) is 12.1 Å². The summed E-state index contributed by atoms with van der Waals surface area (Å²) in [5, 5.41) is 14.2. The average Bonchev–Trinajstić information content (AvgIpc) is 2.35. The van der Waals surface area contributed by atoms with Gasteiger partial charge < -0.3 is 15.7 Å². The minimum absolute atomic E-state index is 0.0803. The summed E-state index contributed by atoms with van der Waals surface area (Å²) in [6.07, 6.45) is 2.89. The molecule has 3 N–H and O–H groups in total. The molecule has 18 heavy (non-hydrogen) atoms. The number of amides is 2. The zero-order valence-corrected chi connectivity index (χ0v) is 10.9. The van der Waals surface area contributed by atoms with E-state index in [1.165, 1.54) is 6.07 Å². The number of hydrogen-bond acceptors (Lipinski definition) is 3. The minimum atomic E-state index is -1.06. The van der Waals surface area contributed by atoms with Crippen LogP contribution in [0.25, 0.3) is 0 Å². The molecule has 5 nitrogen and oxygen atoms in total. The lowest BCUT2D eigenvalue weighted by Gasteiger charge is -2.09. The third kappa shape index (κ3) is 4.67. The van der Waals surface area contributed by atoms with Crippen molar-refractivity contribution in [3.63, 3.8) is 0 Å². The van der Waals surface area contributed by atoms with Crippen molar-refractivity contribution >= 4 is 29.4 Å². The molecule has 0 aromatic heterocycles. The van der Waals surface area contributed by atoms with E-state index in [9.17, 15) is 9.59 Å². The maximum Gasteiger partial charge on any atom is 0.337 e. The predicted octanol–water partition coefficient (Wildman–Crippen LogP) is 2.26. The first kappa shape index (κ1) is 14.4. The second kappa shape index (κ2) is 7.60. The van der Waals surface area contributed by atoms with Crippen LogP contribution in [0, 0.1) is 0 Å². The van der Waals surface area contributed by atoms with Gasteiger partial charge in [-0.2, -0.15) is 11.8 Å². The van der Waals surface area contributed by atoms with Crippen LogP contribution < -0.4 is 10.6 Å². The third-order valence-electron chi connectivity index (χ3n) is 2.22. The molecule has 0 aliphatic heterocycles. The van der Waals surface area contributed by atoms with Crippen molar-refractivity contribution in [3.8, 4) is 0 Å². The first-order valence-electron chi connectivity index (χ1n) is 5.51. The lowest BCUT2D eigenvalue weighted by atomic mass is 10.2. The summed E-state index contributed by atoms with van der Waals surface area (Å²) in [4.78, 5) is 22.5. The van der Waals surface area contributed by atoms with E-state index in [-0.39, 0.29) is 11.6 Å². The Bertz CT molecular complexity index is 424. The molecule has 0 saturated carbocycles. The third-order valence-corrected chi connectivity index (χ3v) is 2.91. The Morgan fingerprint density at radius 1 is 1.33 bits per heavy atom. The lowest BCUT2D eigenvalue weighted by Crippen LogP contribution is -2.30. The topological polar surface area (TPSA) is 78.4 Å². The highest BCUT2D eigenvalue weighted by molar-refractivity contribution is 7.98. The van der Waals surface area contributed by atoms with Gasteiger partial charge in [-0.25, -0.2) is 9.59 Å². The van der Waals surface area contributed by atoms with Gasteiger partial charge in [0.15, 0.2) is 0 Å². The molecule has 6 heteroatoms. The van der Waals surface area contributed by atoms with Crippen LogP contribution in [0.2, 0.25) is 0 Å². The molecular formula is C12H16N2O3S. The molecule has 0 heterocycles. The van der Waals surface area contributed by atoms with Crippen molar-refractivity contribution in [2.75, 3.05) is 23.9 Å². The van der Waals surface area contributed by atoms with Gasteiger partial charge in [0.25, 0.3) is 0 Å². The molecule has 2 amide bonds. The molecule has 1 aromatic rings. The number of carboxylic acids is 1. The van der Waals surface area contributed by atoms with Gasteiger partial charge in [0, 0.05) is 6.54 Å². The molecule has 0 unspecified atom stereocenters. The molecule has 0 radical (unpaired) electrons. The number of rotatable bonds is 6. The summed E-state index contributed by atoms with van der Waals surface area (Å²) in [7, 11) is 0. The van der Waals surface area contributed by atoms with E-state index < -0.39 is 5.97 Å². The van der Waals surface area contributed by atoms with Crippen LogP contribution in [0.15, 0.2) is 24.3 Å². The van der Waals surface area contributed by atoms with Crippen molar-refractivity contribution in [2.24, 2.45) is 0 Å². The first-order valence-corrected chi connectivity index (χ1v) is 6.90.